The third-order valence-corrected chi connectivity index (χ3v) is 5.93. The summed E-state index contributed by atoms with van der Waals surface area (Å²) in [4.78, 5) is 24.4. The average Bonchev–Trinajstić information content (AvgIpc) is 3.24. The first-order valence-electron chi connectivity index (χ1n) is 11.3. The molecule has 7 heteroatoms. The second-order valence-corrected chi connectivity index (χ2v) is 8.57. The molecular formula is C24H32N6O. The Morgan fingerprint density at radius 3 is 2.42 bits per heavy atom. The lowest BCUT2D eigenvalue weighted by Crippen LogP contribution is -2.24. The van der Waals surface area contributed by atoms with Crippen molar-refractivity contribution in [1.29, 1.82) is 0 Å². The Balaban J connectivity index is 1.58. The number of hydrogen-bond acceptors (Lipinski definition) is 6. The number of anilines is 2. The van der Waals surface area contributed by atoms with E-state index in [-0.39, 0.29) is 17.5 Å². The molecule has 0 amide bonds. The quantitative estimate of drug-likeness (QED) is 0.579. The summed E-state index contributed by atoms with van der Waals surface area (Å²) in [5, 5.41) is 3.84. The molecule has 0 spiro atoms. The fourth-order valence-electron chi connectivity index (χ4n) is 4.31. The van der Waals surface area contributed by atoms with E-state index >= 15 is 0 Å². The molecule has 1 fully saturated rings. The molecule has 0 radical (unpaired) electrons. The summed E-state index contributed by atoms with van der Waals surface area (Å²) >= 11 is 0. The minimum Gasteiger partial charge on any atom is -0.368 e. The molecule has 3 N–H and O–H groups in total. The normalized spacial score (nSPS) is 15.4. The van der Waals surface area contributed by atoms with Crippen LogP contribution < -0.4 is 16.6 Å². The number of pyridine rings is 1. The maximum Gasteiger partial charge on any atom is 0.264 e. The molecule has 164 valence electrons. The van der Waals surface area contributed by atoms with Crippen LogP contribution in [0, 0.1) is 0 Å². The van der Waals surface area contributed by atoms with Crippen LogP contribution in [0.15, 0.2) is 41.3 Å². The first-order chi connectivity index (χ1) is 15.0. The van der Waals surface area contributed by atoms with E-state index in [1.165, 1.54) is 31.5 Å². The molecule has 7 nitrogen and oxygen atoms in total. The van der Waals surface area contributed by atoms with Gasteiger partial charge in [-0.25, -0.2) is 4.98 Å². The summed E-state index contributed by atoms with van der Waals surface area (Å²) in [5.41, 5.74) is 8.76. The van der Waals surface area contributed by atoms with Crippen LogP contribution in [0.4, 0.5) is 11.8 Å². The van der Waals surface area contributed by atoms with Crippen molar-refractivity contribution in [2.45, 2.75) is 58.7 Å². The summed E-state index contributed by atoms with van der Waals surface area (Å²) in [6.07, 6.45) is 6.41. The standard InChI is InChI=1S/C24H32N6O/c1-3-6-17(2)26-22-21-20(27-24(25)28-22)11-14-30(23(21)31)16-19-9-7-18(8-10-19)15-29-12-4-5-13-29/h7-11,14,17H,3-6,12-13,15-16H2,1-2H3,(H3,25,26,27,28)/t17-/m0/s1. The van der Waals surface area contributed by atoms with Gasteiger partial charge in [0.15, 0.2) is 0 Å². The topological polar surface area (TPSA) is 89.1 Å². The number of fused-ring (bicyclic) bond motifs is 1. The summed E-state index contributed by atoms with van der Waals surface area (Å²) in [5.74, 6) is 0.688. The van der Waals surface area contributed by atoms with Gasteiger partial charge in [-0.2, -0.15) is 4.98 Å². The highest BCUT2D eigenvalue weighted by atomic mass is 16.1. The Morgan fingerprint density at radius 2 is 1.74 bits per heavy atom. The van der Waals surface area contributed by atoms with Crippen LogP contribution in [-0.2, 0) is 13.1 Å². The van der Waals surface area contributed by atoms with Crippen molar-refractivity contribution < 1.29 is 0 Å². The molecule has 0 unspecified atom stereocenters. The van der Waals surface area contributed by atoms with E-state index < -0.39 is 0 Å². The number of benzene rings is 1. The smallest absolute Gasteiger partial charge is 0.264 e. The highest BCUT2D eigenvalue weighted by Crippen LogP contribution is 2.20. The van der Waals surface area contributed by atoms with Crippen molar-refractivity contribution in [1.82, 2.24) is 19.4 Å². The Labute approximate surface area is 183 Å². The number of hydrogen-bond donors (Lipinski definition) is 2. The summed E-state index contributed by atoms with van der Waals surface area (Å²) in [6, 6.07) is 10.6. The van der Waals surface area contributed by atoms with Gasteiger partial charge in [-0.15, -0.1) is 0 Å². The van der Waals surface area contributed by atoms with E-state index in [2.05, 4.69) is 58.3 Å². The number of nitrogens with two attached hydrogens (primary N) is 1. The monoisotopic (exact) mass is 420 g/mol. The Kier molecular flexibility index (Phi) is 6.51. The van der Waals surface area contributed by atoms with E-state index in [0.29, 0.717) is 23.3 Å². The van der Waals surface area contributed by atoms with Crippen LogP contribution in [0.1, 0.15) is 50.7 Å². The van der Waals surface area contributed by atoms with Gasteiger partial charge in [-0.3, -0.25) is 9.69 Å². The van der Waals surface area contributed by atoms with E-state index in [9.17, 15) is 4.79 Å². The van der Waals surface area contributed by atoms with Crippen LogP contribution in [0.3, 0.4) is 0 Å². The molecule has 0 aliphatic carbocycles. The van der Waals surface area contributed by atoms with Crippen LogP contribution in [0.5, 0.6) is 0 Å². The summed E-state index contributed by atoms with van der Waals surface area (Å²) in [6.45, 7) is 8.10. The highest BCUT2D eigenvalue weighted by Gasteiger charge is 2.15. The molecule has 0 saturated carbocycles. The van der Waals surface area contributed by atoms with Crippen LogP contribution in [0.25, 0.3) is 10.9 Å². The third-order valence-electron chi connectivity index (χ3n) is 5.93. The van der Waals surface area contributed by atoms with Crippen molar-refractivity contribution >= 4 is 22.7 Å². The van der Waals surface area contributed by atoms with Gasteiger partial charge in [0.05, 0.1) is 12.1 Å². The molecule has 1 aromatic carbocycles. The fraction of sp³-hybridized carbons (Fsp3) is 0.458. The van der Waals surface area contributed by atoms with Crippen molar-refractivity contribution in [3.05, 3.63) is 58.0 Å². The second kappa shape index (κ2) is 9.47. The van der Waals surface area contributed by atoms with Crippen LogP contribution >= 0.6 is 0 Å². The Hall–Kier alpha value is -2.93. The van der Waals surface area contributed by atoms with Crippen molar-refractivity contribution in [3.8, 4) is 0 Å². The van der Waals surface area contributed by atoms with Crippen LogP contribution in [0.2, 0.25) is 0 Å². The lowest BCUT2D eigenvalue weighted by atomic mass is 10.1. The number of likely N-dealkylation sites (tertiary alicyclic amines) is 1. The molecule has 3 aromatic rings. The number of aromatic nitrogens is 3. The van der Waals surface area contributed by atoms with Gasteiger partial charge in [-0.1, -0.05) is 37.6 Å². The molecular weight excluding hydrogens is 388 g/mol. The molecule has 1 aliphatic rings. The van der Waals surface area contributed by atoms with Crippen molar-refractivity contribution in [3.63, 3.8) is 0 Å². The third kappa shape index (κ3) is 5.05. The average molecular weight is 421 g/mol. The van der Waals surface area contributed by atoms with Gasteiger partial charge in [0, 0.05) is 18.8 Å². The molecule has 4 rings (SSSR count). The van der Waals surface area contributed by atoms with Gasteiger partial charge >= 0.3 is 0 Å². The molecule has 1 atom stereocenters. The van der Waals surface area contributed by atoms with Gasteiger partial charge in [0.25, 0.3) is 5.56 Å². The predicted molar refractivity (Wildman–Crippen MR) is 126 cm³/mol. The lowest BCUT2D eigenvalue weighted by Gasteiger charge is -2.16. The Bertz CT molecular complexity index is 1090. The zero-order valence-electron chi connectivity index (χ0n) is 18.5. The SMILES string of the molecule is CCC[C@H](C)Nc1nc(N)nc2ccn(Cc3ccc(CN4CCCC4)cc3)c(=O)c12. The molecule has 2 aromatic heterocycles. The second-order valence-electron chi connectivity index (χ2n) is 8.57. The predicted octanol–water partition coefficient (Wildman–Crippen LogP) is 3.62. The molecule has 0 bridgehead atoms. The van der Waals surface area contributed by atoms with E-state index in [4.69, 9.17) is 5.73 Å². The first kappa shape index (κ1) is 21.3. The molecule has 1 aliphatic heterocycles. The molecule has 1 saturated heterocycles. The van der Waals surface area contributed by atoms with Crippen molar-refractivity contribution in [2.75, 3.05) is 24.1 Å². The molecule has 3 heterocycles. The maximum atomic E-state index is 13.3. The number of rotatable bonds is 8. The minimum absolute atomic E-state index is 0.107. The number of nitrogen functional groups attached to an aromatic ring is 1. The largest absolute Gasteiger partial charge is 0.368 e. The Morgan fingerprint density at radius 1 is 1.06 bits per heavy atom. The van der Waals surface area contributed by atoms with Gasteiger partial charge in [0.1, 0.15) is 11.2 Å². The van der Waals surface area contributed by atoms with Gasteiger partial charge in [0.2, 0.25) is 5.95 Å². The van der Waals surface area contributed by atoms with Crippen molar-refractivity contribution in [2.24, 2.45) is 0 Å². The zero-order chi connectivity index (χ0) is 21.8. The first-order valence-corrected chi connectivity index (χ1v) is 11.3. The van der Waals surface area contributed by atoms with Gasteiger partial charge < -0.3 is 15.6 Å². The van der Waals surface area contributed by atoms with E-state index in [1.807, 2.05) is 6.07 Å². The lowest BCUT2D eigenvalue weighted by molar-refractivity contribution is 0.331. The summed E-state index contributed by atoms with van der Waals surface area (Å²) in [7, 11) is 0. The fourth-order valence-corrected chi connectivity index (χ4v) is 4.31. The zero-order valence-corrected chi connectivity index (χ0v) is 18.5. The molecule has 31 heavy (non-hydrogen) atoms. The van der Waals surface area contributed by atoms with Gasteiger partial charge in [-0.05, 0) is 56.5 Å². The summed E-state index contributed by atoms with van der Waals surface area (Å²) < 4.78 is 1.72. The maximum absolute atomic E-state index is 13.3. The van der Waals surface area contributed by atoms with Crippen LogP contribution in [-0.4, -0.2) is 38.6 Å². The number of nitrogens with zero attached hydrogens (tertiary/aromatic N) is 4. The van der Waals surface area contributed by atoms with E-state index in [0.717, 1.165) is 24.9 Å². The number of nitrogens with one attached hydrogen (secondary N) is 1. The van der Waals surface area contributed by atoms with E-state index in [1.54, 1.807) is 10.8 Å². The highest BCUT2D eigenvalue weighted by molar-refractivity contribution is 5.89. The minimum atomic E-state index is -0.107.